The summed E-state index contributed by atoms with van der Waals surface area (Å²) in [7, 11) is 1.73. The molecule has 0 saturated carbocycles. The van der Waals surface area contributed by atoms with Crippen molar-refractivity contribution in [2.45, 2.75) is 44.4 Å². The second-order valence-electron chi connectivity index (χ2n) is 9.78. The number of aromatic nitrogens is 4. The van der Waals surface area contributed by atoms with Crippen LogP contribution in [0.2, 0.25) is 0 Å². The van der Waals surface area contributed by atoms with E-state index < -0.39 is 12.6 Å². The van der Waals surface area contributed by atoms with Gasteiger partial charge >= 0.3 is 6.18 Å². The van der Waals surface area contributed by atoms with Crippen molar-refractivity contribution in [1.82, 2.24) is 24.9 Å². The Kier molecular flexibility index (Phi) is 7.95. The first kappa shape index (κ1) is 27.5. The Morgan fingerprint density at radius 2 is 2.05 bits per heavy atom. The molecule has 0 saturated heterocycles. The standard InChI is InChI=1S/C28H26F3N7OS/c1-37(12-11-28(29,30)31)22-9-10-23-25(14-22)40-27(33-23)34-26(39)21-4-2-3-19(13-21)16-38-17-24(35-36-38)20-7-5-18(15-32)6-8-20/h2-8,13,17,22H,9-12,14,16H2,1H3,(H,33,34,39). The minimum atomic E-state index is -4.17. The normalized spacial score (nSPS) is 15.1. The Morgan fingerprint density at radius 1 is 1.25 bits per heavy atom. The first-order valence-corrected chi connectivity index (χ1v) is 13.5. The Morgan fingerprint density at radius 3 is 2.80 bits per heavy atom. The number of rotatable bonds is 8. The molecule has 0 fully saturated rings. The molecule has 1 aliphatic carbocycles. The Balaban J connectivity index is 1.20. The number of fused-ring (bicyclic) bond motifs is 1. The van der Waals surface area contributed by atoms with Crippen LogP contribution in [0.1, 0.15) is 44.9 Å². The Bertz CT molecular complexity index is 1540. The minimum absolute atomic E-state index is 0.0183. The first-order valence-electron chi connectivity index (χ1n) is 12.7. The van der Waals surface area contributed by atoms with Crippen LogP contribution in [0.25, 0.3) is 11.3 Å². The number of benzene rings is 2. The summed E-state index contributed by atoms with van der Waals surface area (Å²) >= 11 is 1.38. The van der Waals surface area contributed by atoms with E-state index in [-0.39, 0.29) is 18.5 Å². The number of carbonyl (C=O) groups is 1. The van der Waals surface area contributed by atoms with Crippen molar-refractivity contribution in [2.24, 2.45) is 0 Å². The van der Waals surface area contributed by atoms with Gasteiger partial charge in [0, 0.05) is 28.6 Å². The summed E-state index contributed by atoms with van der Waals surface area (Å²) in [6, 6.07) is 16.4. The van der Waals surface area contributed by atoms with Crippen LogP contribution in [0.3, 0.4) is 0 Å². The van der Waals surface area contributed by atoms with E-state index in [9.17, 15) is 18.0 Å². The molecule has 206 valence electrons. The number of likely N-dealkylation sites (N-methyl/N-ethyl adjacent to an activating group) is 1. The van der Waals surface area contributed by atoms with E-state index in [1.807, 2.05) is 24.4 Å². The Labute approximate surface area is 233 Å². The minimum Gasteiger partial charge on any atom is -0.303 e. The van der Waals surface area contributed by atoms with Crippen molar-refractivity contribution in [3.63, 3.8) is 0 Å². The predicted octanol–water partition coefficient (Wildman–Crippen LogP) is 5.32. The molecule has 2 aromatic heterocycles. The molecule has 1 atom stereocenters. The van der Waals surface area contributed by atoms with Crippen LogP contribution in [0.5, 0.6) is 0 Å². The zero-order valence-corrected chi connectivity index (χ0v) is 22.5. The molecule has 40 heavy (non-hydrogen) atoms. The lowest BCUT2D eigenvalue weighted by Crippen LogP contribution is -2.38. The molecule has 12 heteroatoms. The zero-order valence-electron chi connectivity index (χ0n) is 21.6. The van der Waals surface area contributed by atoms with E-state index in [1.54, 1.807) is 47.0 Å². The number of nitriles is 1. The van der Waals surface area contributed by atoms with Gasteiger partial charge in [0.05, 0.1) is 36.5 Å². The molecule has 1 aliphatic rings. The van der Waals surface area contributed by atoms with Gasteiger partial charge < -0.3 is 4.90 Å². The lowest BCUT2D eigenvalue weighted by atomic mass is 9.96. The number of nitrogens with zero attached hydrogens (tertiary/aromatic N) is 6. The lowest BCUT2D eigenvalue weighted by molar-refractivity contribution is -0.138. The van der Waals surface area contributed by atoms with Crippen molar-refractivity contribution in [1.29, 1.82) is 5.26 Å². The van der Waals surface area contributed by atoms with Crippen molar-refractivity contribution in [3.8, 4) is 17.3 Å². The fraction of sp³-hybridized carbons (Fsp3) is 0.321. The van der Waals surface area contributed by atoms with E-state index in [1.165, 1.54) is 11.3 Å². The molecule has 2 heterocycles. The van der Waals surface area contributed by atoms with Crippen molar-refractivity contribution in [3.05, 3.63) is 82.0 Å². The molecular weight excluding hydrogens is 539 g/mol. The largest absolute Gasteiger partial charge is 0.390 e. The summed E-state index contributed by atoms with van der Waals surface area (Å²) < 4.78 is 39.5. The summed E-state index contributed by atoms with van der Waals surface area (Å²) in [5.74, 6) is -0.288. The molecule has 4 aromatic rings. The van der Waals surface area contributed by atoms with Crippen LogP contribution in [-0.2, 0) is 19.4 Å². The molecule has 2 aromatic carbocycles. The maximum Gasteiger partial charge on any atom is 0.390 e. The highest BCUT2D eigenvalue weighted by molar-refractivity contribution is 7.15. The summed E-state index contributed by atoms with van der Waals surface area (Å²) in [5, 5.41) is 20.7. The Hall–Kier alpha value is -4.08. The molecule has 0 bridgehead atoms. The van der Waals surface area contributed by atoms with Gasteiger partial charge in [-0.1, -0.05) is 29.5 Å². The second kappa shape index (κ2) is 11.6. The number of aryl methyl sites for hydroxylation is 1. The van der Waals surface area contributed by atoms with Gasteiger partial charge in [0.2, 0.25) is 0 Å². The topological polar surface area (TPSA) is 99.7 Å². The van der Waals surface area contributed by atoms with Gasteiger partial charge in [-0.25, -0.2) is 9.67 Å². The molecule has 0 aliphatic heterocycles. The van der Waals surface area contributed by atoms with Gasteiger partial charge in [-0.15, -0.1) is 16.4 Å². The molecule has 1 amide bonds. The van der Waals surface area contributed by atoms with Gasteiger partial charge in [0.25, 0.3) is 5.91 Å². The zero-order chi connectivity index (χ0) is 28.3. The average Bonchev–Trinajstić information content (AvgIpc) is 3.57. The third kappa shape index (κ3) is 6.73. The number of alkyl halides is 3. The first-order chi connectivity index (χ1) is 19.2. The van der Waals surface area contributed by atoms with Gasteiger partial charge in [-0.3, -0.25) is 10.1 Å². The number of hydrogen-bond donors (Lipinski definition) is 1. The monoisotopic (exact) mass is 565 g/mol. The highest BCUT2D eigenvalue weighted by Gasteiger charge is 2.30. The third-order valence-electron chi connectivity index (χ3n) is 6.89. The smallest absolute Gasteiger partial charge is 0.303 e. The van der Waals surface area contributed by atoms with Gasteiger partial charge in [-0.2, -0.15) is 18.4 Å². The number of hydrogen-bond acceptors (Lipinski definition) is 7. The maximum atomic E-state index is 13.0. The molecule has 1 N–H and O–H groups in total. The number of anilines is 1. The summed E-state index contributed by atoms with van der Waals surface area (Å²) in [6.07, 6.45) is -1.17. The molecule has 0 spiro atoms. The average molecular weight is 566 g/mol. The highest BCUT2D eigenvalue weighted by Crippen LogP contribution is 2.32. The summed E-state index contributed by atoms with van der Waals surface area (Å²) in [4.78, 5) is 20.4. The number of halogens is 3. The van der Waals surface area contributed by atoms with E-state index in [2.05, 4.69) is 26.7 Å². The highest BCUT2D eigenvalue weighted by atomic mass is 32.1. The molecule has 0 radical (unpaired) electrons. The fourth-order valence-corrected chi connectivity index (χ4v) is 5.74. The van der Waals surface area contributed by atoms with Crippen LogP contribution < -0.4 is 5.32 Å². The van der Waals surface area contributed by atoms with Crippen LogP contribution in [0.15, 0.2) is 54.7 Å². The SMILES string of the molecule is CN(CCC(F)(F)F)C1CCc2nc(NC(=O)c3cccc(Cn4cc(-c5ccc(C#N)cc5)nn4)c3)sc2C1. The van der Waals surface area contributed by atoms with E-state index in [0.29, 0.717) is 41.3 Å². The number of amides is 1. The quantitative estimate of drug-likeness (QED) is 0.311. The van der Waals surface area contributed by atoms with Gasteiger partial charge in [0.1, 0.15) is 5.69 Å². The lowest BCUT2D eigenvalue weighted by Gasteiger charge is -2.30. The number of nitrogens with one attached hydrogen (secondary N) is 1. The van der Waals surface area contributed by atoms with E-state index >= 15 is 0 Å². The van der Waals surface area contributed by atoms with Gasteiger partial charge in [0.15, 0.2) is 5.13 Å². The summed E-state index contributed by atoms with van der Waals surface area (Å²) in [6.45, 7) is 0.382. The fourth-order valence-electron chi connectivity index (χ4n) is 4.66. The van der Waals surface area contributed by atoms with Crippen molar-refractivity contribution < 1.29 is 18.0 Å². The number of thiazole rings is 1. The van der Waals surface area contributed by atoms with Crippen LogP contribution >= 0.6 is 11.3 Å². The molecular formula is C28H26F3N7OS. The van der Waals surface area contributed by atoms with Crippen molar-refractivity contribution in [2.75, 3.05) is 18.9 Å². The van der Waals surface area contributed by atoms with E-state index in [0.717, 1.165) is 28.1 Å². The second-order valence-corrected chi connectivity index (χ2v) is 10.9. The van der Waals surface area contributed by atoms with Crippen LogP contribution in [-0.4, -0.2) is 56.6 Å². The predicted molar refractivity (Wildman–Crippen MR) is 145 cm³/mol. The van der Waals surface area contributed by atoms with Crippen molar-refractivity contribution >= 4 is 22.4 Å². The molecule has 5 rings (SSSR count). The summed E-state index contributed by atoms with van der Waals surface area (Å²) in [5.41, 5.74) is 4.35. The number of carbonyl (C=O) groups excluding carboxylic acids is 1. The molecule has 8 nitrogen and oxygen atoms in total. The van der Waals surface area contributed by atoms with E-state index in [4.69, 9.17) is 5.26 Å². The van der Waals surface area contributed by atoms with Crippen LogP contribution in [0, 0.1) is 11.3 Å². The maximum absolute atomic E-state index is 13.0. The van der Waals surface area contributed by atoms with Crippen LogP contribution in [0.4, 0.5) is 18.3 Å². The third-order valence-corrected chi connectivity index (χ3v) is 7.92. The molecule has 1 unspecified atom stereocenters. The van der Waals surface area contributed by atoms with Gasteiger partial charge in [-0.05, 0) is 56.1 Å².